The Morgan fingerprint density at radius 2 is 0.932 bits per heavy atom. The van der Waals surface area contributed by atoms with Crippen LogP contribution >= 0.6 is 0 Å². The van der Waals surface area contributed by atoms with Crippen molar-refractivity contribution >= 4 is 64.3 Å². The molecule has 2 aromatic rings. The number of amides is 4. The Hall–Kier alpha value is -6.85. The highest BCUT2D eigenvalue weighted by molar-refractivity contribution is 5.95. The highest BCUT2D eigenvalue weighted by atomic mass is 16.4. The molecule has 24 nitrogen and oxygen atoms in total. The maximum atomic E-state index is 14.0. The van der Waals surface area contributed by atoms with Gasteiger partial charge >= 0.3 is 5.97 Å². The third-order valence-electron chi connectivity index (χ3n) is 8.75. The van der Waals surface area contributed by atoms with E-state index < -0.39 is 59.8 Å². The molecule has 0 saturated heterocycles. The fourth-order valence-electron chi connectivity index (χ4n) is 5.78. The van der Waals surface area contributed by atoms with E-state index in [4.69, 9.17) is 51.6 Å². The van der Waals surface area contributed by atoms with Crippen LogP contribution in [0.4, 0.5) is 0 Å². The van der Waals surface area contributed by atoms with Crippen molar-refractivity contribution in [2.24, 2.45) is 71.6 Å². The third-order valence-corrected chi connectivity index (χ3v) is 8.75. The van der Waals surface area contributed by atoms with Crippen LogP contribution in [0.1, 0.15) is 56.9 Å². The monoisotopic (exact) mass is 828 g/mol. The smallest absolute Gasteiger partial charge is 0.326 e. The zero-order chi connectivity index (χ0) is 43.9. The number of benzene rings is 1. The van der Waals surface area contributed by atoms with Gasteiger partial charge in [0.1, 0.15) is 24.2 Å². The minimum absolute atomic E-state index is 0.0199. The topological polar surface area (TPSA) is 453 Å². The average molecular weight is 829 g/mol. The van der Waals surface area contributed by atoms with E-state index in [1.165, 1.54) is 0 Å². The molecule has 59 heavy (non-hydrogen) atoms. The molecule has 4 amide bonds. The Labute approximate surface area is 341 Å². The maximum absolute atomic E-state index is 14.0. The highest BCUT2D eigenvalue weighted by Gasteiger charge is 2.32. The third kappa shape index (κ3) is 18.8. The first kappa shape index (κ1) is 48.3. The molecule has 0 aliphatic carbocycles. The van der Waals surface area contributed by atoms with E-state index in [-0.39, 0.29) is 101 Å². The second kappa shape index (κ2) is 25.4. The van der Waals surface area contributed by atoms with Gasteiger partial charge in [0, 0.05) is 49.7 Å². The number of carboxylic acid groups (broad SMARTS) is 1. The summed E-state index contributed by atoms with van der Waals surface area (Å²) >= 11 is 0. The van der Waals surface area contributed by atoms with E-state index in [9.17, 15) is 29.1 Å². The first-order valence-electron chi connectivity index (χ1n) is 18.9. The molecule has 0 radical (unpaired) electrons. The zero-order valence-electron chi connectivity index (χ0n) is 32.9. The van der Waals surface area contributed by atoms with Gasteiger partial charge in [0.15, 0.2) is 23.8 Å². The molecule has 0 bridgehead atoms. The summed E-state index contributed by atoms with van der Waals surface area (Å²) in [7, 11) is 0. The number of aromatic nitrogens is 1. The molecule has 0 spiro atoms. The minimum atomic E-state index is -1.38. The number of hydrogen-bond acceptors (Lipinski definition) is 10. The van der Waals surface area contributed by atoms with Crippen LogP contribution in [-0.2, 0) is 30.4 Å². The van der Waals surface area contributed by atoms with Crippen molar-refractivity contribution in [3.8, 4) is 0 Å². The quantitative estimate of drug-likeness (QED) is 0.0228. The minimum Gasteiger partial charge on any atom is -0.480 e. The van der Waals surface area contributed by atoms with Crippen molar-refractivity contribution in [1.82, 2.24) is 26.3 Å². The van der Waals surface area contributed by atoms with Crippen LogP contribution in [0.3, 0.4) is 0 Å². The number of nitrogens with two attached hydrogens (primary N) is 9. The predicted octanol–water partition coefficient (Wildman–Crippen LogP) is -4.72. The number of fused-ring (bicyclic) bond motifs is 1. The molecule has 0 aliphatic heterocycles. The van der Waals surface area contributed by atoms with Gasteiger partial charge in [-0.25, -0.2) is 4.79 Å². The SMILES string of the molecule is NC(N)=NCCC[C@H](NC(=O)[C@H](CCCN=C(N)N)NC(=O)[C@H](CCCN=C(N)N)NC(=O)[C@@H](N)CCCN=C(N)N)C(=O)N[C@@H](Cc1c[nH]c2ccccc12)C(=O)O. The summed E-state index contributed by atoms with van der Waals surface area (Å²) in [5.41, 5.74) is 51.0. The highest BCUT2D eigenvalue weighted by Crippen LogP contribution is 2.19. The van der Waals surface area contributed by atoms with E-state index in [1.807, 2.05) is 18.2 Å². The number of carbonyl (C=O) groups is 5. The number of guanidine groups is 4. The van der Waals surface area contributed by atoms with E-state index in [0.29, 0.717) is 12.0 Å². The number of aliphatic imine (C=N–C) groups is 4. The van der Waals surface area contributed by atoms with Gasteiger partial charge in [-0.05, 0) is 63.0 Å². The molecule has 1 heterocycles. The number of aliphatic carboxylic acids is 1. The van der Waals surface area contributed by atoms with Gasteiger partial charge in [-0.1, -0.05) is 18.2 Å². The van der Waals surface area contributed by atoms with Crippen LogP contribution in [0.15, 0.2) is 50.4 Å². The standard InChI is InChI=1S/C35H60N18O6/c36-21(8-3-13-45-32(37)38)27(54)50-23(10-4-14-46-33(39)40)28(55)51-24(11-5-15-47-34(41)42)29(56)52-25(12-6-16-48-35(43)44)30(57)53-26(31(58)59)17-19-18-49-22-9-2-1-7-20(19)22/h1-2,7,9,18,21,23-26,49H,3-6,8,10-17,36H2,(H,50,54)(H,51,55)(H,52,56)(H,53,57)(H,58,59)(H4,37,38,45)(H4,39,40,46)(H4,41,42,47)(H4,43,44,48)/t21-,23-,24-,25-,26-/m0/s1. The van der Waals surface area contributed by atoms with Gasteiger partial charge in [-0.2, -0.15) is 0 Å². The summed E-state index contributed by atoms with van der Waals surface area (Å²) < 4.78 is 0. The number of hydrogen-bond donors (Lipinski definition) is 15. The summed E-state index contributed by atoms with van der Waals surface area (Å²) in [5, 5.41) is 21.4. The van der Waals surface area contributed by atoms with Gasteiger partial charge < -0.3 is 83.0 Å². The summed E-state index contributed by atoms with van der Waals surface area (Å²) in [6.45, 7) is 0.544. The zero-order valence-corrected chi connectivity index (χ0v) is 32.9. The maximum Gasteiger partial charge on any atom is 0.326 e. The second-order valence-electron chi connectivity index (χ2n) is 13.5. The van der Waals surface area contributed by atoms with Crippen molar-refractivity contribution in [1.29, 1.82) is 0 Å². The van der Waals surface area contributed by atoms with Crippen LogP contribution in [0.5, 0.6) is 0 Å². The van der Waals surface area contributed by atoms with Gasteiger partial charge in [-0.15, -0.1) is 0 Å². The molecule has 5 atom stereocenters. The Morgan fingerprint density at radius 3 is 1.34 bits per heavy atom. The number of carbonyl (C=O) groups excluding carboxylic acids is 4. The Bertz CT molecular complexity index is 1810. The number of aromatic amines is 1. The van der Waals surface area contributed by atoms with Gasteiger partial charge in [0.05, 0.1) is 6.04 Å². The lowest BCUT2D eigenvalue weighted by Gasteiger charge is -2.26. The lowest BCUT2D eigenvalue weighted by Crippen LogP contribution is -2.58. The summed E-state index contributed by atoms with van der Waals surface area (Å²) in [5.74, 6) is -4.96. The first-order valence-corrected chi connectivity index (χ1v) is 18.9. The van der Waals surface area contributed by atoms with Gasteiger partial charge in [0.2, 0.25) is 23.6 Å². The number of carboxylic acids is 1. The van der Waals surface area contributed by atoms with E-state index in [0.717, 1.165) is 10.9 Å². The molecule has 0 aliphatic rings. The van der Waals surface area contributed by atoms with Crippen LogP contribution in [0, 0.1) is 0 Å². The van der Waals surface area contributed by atoms with E-state index in [2.05, 4.69) is 46.2 Å². The van der Waals surface area contributed by atoms with Gasteiger partial charge in [-0.3, -0.25) is 39.1 Å². The van der Waals surface area contributed by atoms with Crippen molar-refractivity contribution in [3.05, 3.63) is 36.0 Å². The van der Waals surface area contributed by atoms with Crippen LogP contribution in [-0.4, -0.2) is 120 Å². The molecule has 24 heteroatoms. The average Bonchev–Trinajstić information content (AvgIpc) is 3.58. The molecule has 24 N–H and O–H groups in total. The second-order valence-corrected chi connectivity index (χ2v) is 13.5. The molecule has 326 valence electrons. The molecule has 0 fully saturated rings. The molecule has 0 saturated carbocycles. The summed E-state index contributed by atoms with van der Waals surface area (Å²) in [4.78, 5) is 85.9. The van der Waals surface area contributed by atoms with Crippen molar-refractivity contribution in [3.63, 3.8) is 0 Å². The van der Waals surface area contributed by atoms with E-state index >= 15 is 0 Å². The largest absolute Gasteiger partial charge is 0.480 e. The molecular formula is C35H60N18O6. The van der Waals surface area contributed by atoms with Crippen LogP contribution in [0.2, 0.25) is 0 Å². The van der Waals surface area contributed by atoms with E-state index in [1.54, 1.807) is 12.3 Å². The number of nitrogens with one attached hydrogen (secondary N) is 5. The fraction of sp³-hybridized carbons (Fsp3) is 0.514. The van der Waals surface area contributed by atoms with Crippen molar-refractivity contribution in [2.75, 3.05) is 26.2 Å². The first-order chi connectivity index (χ1) is 28.0. The summed E-state index contributed by atoms with van der Waals surface area (Å²) in [6.07, 6.45) is 2.82. The fourth-order valence-corrected chi connectivity index (χ4v) is 5.78. The van der Waals surface area contributed by atoms with Crippen LogP contribution < -0.4 is 72.9 Å². The molecule has 2 rings (SSSR count). The predicted molar refractivity (Wildman–Crippen MR) is 225 cm³/mol. The molecule has 0 unspecified atom stereocenters. The number of rotatable bonds is 27. The van der Waals surface area contributed by atoms with Crippen molar-refractivity contribution < 1.29 is 29.1 Å². The number of H-pyrrole nitrogens is 1. The lowest BCUT2D eigenvalue weighted by molar-refractivity contribution is -0.142. The number of para-hydroxylation sites is 1. The Morgan fingerprint density at radius 1 is 0.559 bits per heavy atom. The van der Waals surface area contributed by atoms with Gasteiger partial charge in [0.25, 0.3) is 0 Å². The molecule has 1 aromatic carbocycles. The Kier molecular flexibility index (Phi) is 20.8. The molecule has 1 aromatic heterocycles. The Balaban J connectivity index is 2.35. The lowest BCUT2D eigenvalue weighted by atomic mass is 10.0. The summed E-state index contributed by atoms with van der Waals surface area (Å²) in [6, 6.07) is 1.08. The molecular weight excluding hydrogens is 769 g/mol. The normalized spacial score (nSPS) is 13.3. The number of nitrogens with zero attached hydrogens (tertiary/aromatic N) is 4. The van der Waals surface area contributed by atoms with Crippen molar-refractivity contribution in [2.45, 2.75) is 88.0 Å². The van der Waals surface area contributed by atoms with Crippen LogP contribution in [0.25, 0.3) is 10.9 Å².